The molecule has 0 aliphatic heterocycles. The number of aromatic nitrogens is 1. The van der Waals surface area contributed by atoms with Crippen molar-refractivity contribution in [2.24, 2.45) is 0 Å². The molecule has 34 heavy (non-hydrogen) atoms. The van der Waals surface area contributed by atoms with Gasteiger partial charge in [0.1, 0.15) is 5.69 Å². The van der Waals surface area contributed by atoms with Gasteiger partial charge in [-0.2, -0.15) is 0 Å². The number of nitrogens with one attached hydrogen (secondary N) is 2. The molecule has 0 atom stereocenters. The predicted octanol–water partition coefficient (Wildman–Crippen LogP) is 2.35. The standard InChI is InChI=1S/C24H23N3O6S/c1-2-33-24(30)21-13-10-19(16-26-21)23(29)27-34(31,32)20-11-8-17(9-12-20)14-15-25-22(28)18-6-4-3-5-7-18/h3-13,16H,2,14-15H2,1H3,(H,25,28)(H,27,29). The van der Waals surface area contributed by atoms with Crippen molar-refractivity contribution in [3.8, 4) is 0 Å². The van der Waals surface area contributed by atoms with Crippen LogP contribution in [0.25, 0.3) is 0 Å². The summed E-state index contributed by atoms with van der Waals surface area (Å²) >= 11 is 0. The summed E-state index contributed by atoms with van der Waals surface area (Å²) < 4.78 is 31.9. The fourth-order valence-corrected chi connectivity index (χ4v) is 3.92. The van der Waals surface area contributed by atoms with E-state index in [4.69, 9.17) is 4.74 Å². The summed E-state index contributed by atoms with van der Waals surface area (Å²) in [5.41, 5.74) is 1.36. The smallest absolute Gasteiger partial charge is 0.356 e. The largest absolute Gasteiger partial charge is 0.461 e. The van der Waals surface area contributed by atoms with Gasteiger partial charge in [0.05, 0.1) is 17.1 Å². The third-order valence-corrected chi connectivity index (χ3v) is 6.05. The van der Waals surface area contributed by atoms with E-state index < -0.39 is 21.9 Å². The fraction of sp³-hybridized carbons (Fsp3) is 0.167. The maximum Gasteiger partial charge on any atom is 0.356 e. The monoisotopic (exact) mass is 481 g/mol. The van der Waals surface area contributed by atoms with Crippen molar-refractivity contribution in [2.45, 2.75) is 18.2 Å². The van der Waals surface area contributed by atoms with Gasteiger partial charge in [-0.05, 0) is 55.3 Å². The topological polar surface area (TPSA) is 132 Å². The Bertz CT molecular complexity index is 1260. The van der Waals surface area contributed by atoms with Crippen LogP contribution in [0.5, 0.6) is 0 Å². The van der Waals surface area contributed by atoms with Crippen LogP contribution in [0, 0.1) is 0 Å². The molecule has 3 rings (SSSR count). The molecule has 0 bridgehead atoms. The van der Waals surface area contributed by atoms with Gasteiger partial charge >= 0.3 is 5.97 Å². The van der Waals surface area contributed by atoms with Gasteiger partial charge in [0.25, 0.3) is 21.8 Å². The molecule has 0 aliphatic carbocycles. The molecular weight excluding hydrogens is 458 g/mol. The average molecular weight is 482 g/mol. The molecular formula is C24H23N3O6S. The number of ether oxygens (including phenoxy) is 1. The highest BCUT2D eigenvalue weighted by molar-refractivity contribution is 7.90. The number of pyridine rings is 1. The van der Waals surface area contributed by atoms with E-state index >= 15 is 0 Å². The van der Waals surface area contributed by atoms with Crippen LogP contribution in [0.4, 0.5) is 0 Å². The molecule has 0 saturated heterocycles. The van der Waals surface area contributed by atoms with E-state index in [9.17, 15) is 22.8 Å². The van der Waals surface area contributed by atoms with Gasteiger partial charge in [-0.25, -0.2) is 22.9 Å². The zero-order chi connectivity index (χ0) is 24.6. The Hall–Kier alpha value is -4.05. The molecule has 0 radical (unpaired) electrons. The molecule has 0 spiro atoms. The molecule has 1 aromatic heterocycles. The molecule has 9 nitrogen and oxygen atoms in total. The highest BCUT2D eigenvalue weighted by Gasteiger charge is 2.19. The maximum atomic E-state index is 12.6. The van der Waals surface area contributed by atoms with Crippen molar-refractivity contribution in [3.63, 3.8) is 0 Å². The van der Waals surface area contributed by atoms with E-state index in [-0.39, 0.29) is 28.7 Å². The maximum absolute atomic E-state index is 12.6. The minimum Gasteiger partial charge on any atom is -0.461 e. The quantitative estimate of drug-likeness (QED) is 0.449. The Morgan fingerprint density at radius 3 is 2.21 bits per heavy atom. The average Bonchev–Trinajstić information content (AvgIpc) is 2.85. The van der Waals surface area contributed by atoms with Crippen molar-refractivity contribution in [1.29, 1.82) is 0 Å². The van der Waals surface area contributed by atoms with Crippen molar-refractivity contribution in [2.75, 3.05) is 13.2 Å². The number of sulfonamides is 1. The highest BCUT2D eigenvalue weighted by atomic mass is 32.2. The number of amides is 2. The van der Waals surface area contributed by atoms with E-state index in [2.05, 4.69) is 10.3 Å². The van der Waals surface area contributed by atoms with Crippen LogP contribution in [0.15, 0.2) is 77.8 Å². The number of esters is 1. The Balaban J connectivity index is 1.56. The van der Waals surface area contributed by atoms with Crippen LogP contribution in [-0.2, 0) is 21.2 Å². The molecule has 3 aromatic rings. The normalized spacial score (nSPS) is 10.9. The van der Waals surface area contributed by atoms with Crippen LogP contribution < -0.4 is 10.0 Å². The van der Waals surface area contributed by atoms with Crippen LogP contribution in [0.1, 0.15) is 43.7 Å². The molecule has 1 heterocycles. The molecule has 10 heteroatoms. The molecule has 2 amide bonds. The van der Waals surface area contributed by atoms with Crippen molar-refractivity contribution >= 4 is 27.8 Å². The van der Waals surface area contributed by atoms with E-state index in [1.54, 1.807) is 43.3 Å². The Labute approximate surface area is 197 Å². The molecule has 2 N–H and O–H groups in total. The minimum absolute atomic E-state index is 0.0109. The van der Waals surface area contributed by atoms with Gasteiger partial charge in [-0.15, -0.1) is 0 Å². The molecule has 176 valence electrons. The van der Waals surface area contributed by atoms with E-state index in [0.717, 1.165) is 11.8 Å². The van der Waals surface area contributed by atoms with Crippen molar-refractivity contribution < 1.29 is 27.5 Å². The van der Waals surface area contributed by atoms with Gasteiger partial charge in [0.2, 0.25) is 0 Å². The van der Waals surface area contributed by atoms with Crippen molar-refractivity contribution in [1.82, 2.24) is 15.0 Å². The van der Waals surface area contributed by atoms with Gasteiger partial charge in [-0.1, -0.05) is 30.3 Å². The van der Waals surface area contributed by atoms with Gasteiger partial charge in [0, 0.05) is 18.3 Å². The van der Waals surface area contributed by atoms with Gasteiger partial charge < -0.3 is 10.1 Å². The molecule has 2 aromatic carbocycles. The minimum atomic E-state index is -4.12. The number of nitrogens with zero attached hydrogens (tertiary/aromatic N) is 1. The number of rotatable bonds is 9. The van der Waals surface area contributed by atoms with Crippen LogP contribution in [0.3, 0.4) is 0 Å². The second kappa shape index (κ2) is 11.2. The first-order chi connectivity index (χ1) is 16.3. The van der Waals surface area contributed by atoms with Crippen LogP contribution in [0.2, 0.25) is 0 Å². The highest BCUT2D eigenvalue weighted by Crippen LogP contribution is 2.12. The SMILES string of the molecule is CCOC(=O)c1ccc(C(=O)NS(=O)(=O)c2ccc(CCNC(=O)c3ccccc3)cc2)cn1. The summed E-state index contributed by atoms with van der Waals surface area (Å²) in [4.78, 5) is 39.8. The van der Waals surface area contributed by atoms with E-state index in [0.29, 0.717) is 18.5 Å². The van der Waals surface area contributed by atoms with E-state index in [1.165, 1.54) is 24.3 Å². The molecule has 0 fully saturated rings. The molecule has 0 unspecified atom stereocenters. The summed E-state index contributed by atoms with van der Waals surface area (Å²) in [5.74, 6) is -1.70. The first-order valence-corrected chi connectivity index (χ1v) is 11.9. The zero-order valence-electron chi connectivity index (χ0n) is 18.4. The summed E-state index contributed by atoms with van der Waals surface area (Å²) in [6.45, 7) is 2.22. The number of carbonyl (C=O) groups excluding carboxylic acids is 3. The number of benzene rings is 2. The first-order valence-electron chi connectivity index (χ1n) is 10.4. The van der Waals surface area contributed by atoms with Gasteiger partial charge in [-0.3, -0.25) is 9.59 Å². The number of hydrogen-bond donors (Lipinski definition) is 2. The fourth-order valence-electron chi connectivity index (χ4n) is 2.94. The number of carbonyl (C=O) groups is 3. The first kappa shape index (κ1) is 24.6. The summed E-state index contributed by atoms with van der Waals surface area (Å²) in [6.07, 6.45) is 1.60. The zero-order valence-corrected chi connectivity index (χ0v) is 19.2. The lowest BCUT2D eigenvalue weighted by Crippen LogP contribution is -2.30. The lowest BCUT2D eigenvalue weighted by molar-refractivity contribution is 0.0519. The van der Waals surface area contributed by atoms with E-state index in [1.807, 2.05) is 10.8 Å². The Morgan fingerprint density at radius 2 is 1.59 bits per heavy atom. The van der Waals surface area contributed by atoms with Crippen LogP contribution >= 0.6 is 0 Å². The van der Waals surface area contributed by atoms with Crippen LogP contribution in [-0.4, -0.2) is 44.3 Å². The summed E-state index contributed by atoms with van der Waals surface area (Å²) in [5, 5.41) is 2.81. The molecule has 0 saturated carbocycles. The molecule has 0 aliphatic rings. The van der Waals surface area contributed by atoms with Gasteiger partial charge in [0.15, 0.2) is 0 Å². The summed E-state index contributed by atoms with van der Waals surface area (Å²) in [6, 6.07) is 17.4. The summed E-state index contributed by atoms with van der Waals surface area (Å²) in [7, 11) is -4.12. The predicted molar refractivity (Wildman–Crippen MR) is 124 cm³/mol. The third-order valence-electron chi connectivity index (χ3n) is 4.71. The lowest BCUT2D eigenvalue weighted by atomic mass is 10.1. The second-order valence-corrected chi connectivity index (χ2v) is 8.79. The number of hydrogen-bond acceptors (Lipinski definition) is 7. The van der Waals surface area contributed by atoms with Crippen molar-refractivity contribution in [3.05, 3.63) is 95.3 Å². The Morgan fingerprint density at radius 1 is 0.882 bits per heavy atom. The second-order valence-electron chi connectivity index (χ2n) is 7.10. The third kappa shape index (κ3) is 6.48. The lowest BCUT2D eigenvalue weighted by Gasteiger charge is -2.09. The Kier molecular flexibility index (Phi) is 8.10.